The molecule has 110 valence electrons. The molecule has 0 spiro atoms. The molecule has 2 rings (SSSR count). The number of halogens is 2. The van der Waals surface area contributed by atoms with Crippen molar-refractivity contribution in [1.29, 1.82) is 0 Å². The summed E-state index contributed by atoms with van der Waals surface area (Å²) in [7, 11) is 0. The maximum atomic E-state index is 13.6. The zero-order chi connectivity index (χ0) is 14.6. The second-order valence-corrected chi connectivity index (χ2v) is 6.07. The zero-order valence-electron chi connectivity index (χ0n) is 11.3. The number of phenolic OH excluding ortho intramolecular Hbond substituents is 1. The van der Waals surface area contributed by atoms with E-state index in [1.807, 2.05) is 0 Å². The Labute approximate surface area is 126 Å². The lowest BCUT2D eigenvalue weighted by Gasteiger charge is -2.35. The van der Waals surface area contributed by atoms with Crippen LogP contribution in [0.3, 0.4) is 0 Å². The maximum absolute atomic E-state index is 13.6. The van der Waals surface area contributed by atoms with E-state index in [2.05, 4.69) is 21.2 Å². The van der Waals surface area contributed by atoms with E-state index < -0.39 is 11.7 Å². The molecule has 0 aliphatic heterocycles. The Morgan fingerprint density at radius 1 is 1.35 bits per heavy atom. The monoisotopic (exact) mass is 343 g/mol. The lowest BCUT2D eigenvalue weighted by molar-refractivity contribution is 0.0915. The number of alkyl halides is 1. The summed E-state index contributed by atoms with van der Waals surface area (Å²) in [5.74, 6) is -1.57. The quantitative estimate of drug-likeness (QED) is 0.820. The van der Waals surface area contributed by atoms with Gasteiger partial charge in [0.05, 0.1) is 0 Å². The van der Waals surface area contributed by atoms with Gasteiger partial charge in [0.25, 0.3) is 5.91 Å². The van der Waals surface area contributed by atoms with Crippen LogP contribution in [0, 0.1) is 11.2 Å². The van der Waals surface area contributed by atoms with Crippen molar-refractivity contribution >= 4 is 21.8 Å². The minimum Gasteiger partial charge on any atom is -0.507 e. The van der Waals surface area contributed by atoms with E-state index in [0.29, 0.717) is 6.54 Å². The van der Waals surface area contributed by atoms with Gasteiger partial charge in [-0.05, 0) is 30.4 Å². The molecule has 0 bridgehead atoms. The zero-order valence-corrected chi connectivity index (χ0v) is 12.9. The molecule has 0 radical (unpaired) electrons. The van der Waals surface area contributed by atoms with Crippen molar-refractivity contribution in [3.63, 3.8) is 0 Å². The molecule has 0 unspecified atom stereocenters. The lowest BCUT2D eigenvalue weighted by Crippen LogP contribution is -2.40. The Kier molecular flexibility index (Phi) is 5.02. The normalized spacial score (nSPS) is 17.7. The van der Waals surface area contributed by atoms with Crippen LogP contribution in [0.1, 0.15) is 42.5 Å². The van der Waals surface area contributed by atoms with Gasteiger partial charge >= 0.3 is 0 Å². The highest BCUT2D eigenvalue weighted by Gasteiger charge is 2.31. The van der Waals surface area contributed by atoms with Gasteiger partial charge in [-0.3, -0.25) is 4.79 Å². The second-order valence-electron chi connectivity index (χ2n) is 5.51. The number of phenols is 1. The molecule has 2 N–H and O–H groups in total. The third kappa shape index (κ3) is 3.32. The Hall–Kier alpha value is -1.10. The molecule has 0 heterocycles. The Balaban J connectivity index is 2.04. The summed E-state index contributed by atoms with van der Waals surface area (Å²) in [6.07, 6.45) is 5.67. The molecule has 1 aliphatic rings. The molecule has 0 aromatic heterocycles. The third-order valence-electron chi connectivity index (χ3n) is 4.04. The Bertz CT molecular complexity index is 467. The van der Waals surface area contributed by atoms with E-state index in [1.54, 1.807) is 0 Å². The summed E-state index contributed by atoms with van der Waals surface area (Å²) in [6.45, 7) is 0.505. The number of rotatable bonds is 4. The van der Waals surface area contributed by atoms with Crippen molar-refractivity contribution in [3.05, 3.63) is 29.6 Å². The van der Waals surface area contributed by atoms with Gasteiger partial charge in [-0.1, -0.05) is 41.3 Å². The van der Waals surface area contributed by atoms with Crippen LogP contribution in [0.4, 0.5) is 4.39 Å². The van der Waals surface area contributed by atoms with Crippen LogP contribution in [0.25, 0.3) is 0 Å². The first-order valence-electron chi connectivity index (χ1n) is 6.90. The summed E-state index contributed by atoms with van der Waals surface area (Å²) in [5.41, 5.74) is -0.220. The minimum absolute atomic E-state index is 0.0504. The highest BCUT2D eigenvalue weighted by molar-refractivity contribution is 9.09. The summed E-state index contributed by atoms with van der Waals surface area (Å²) in [4.78, 5) is 12.1. The van der Waals surface area contributed by atoms with Gasteiger partial charge in [0, 0.05) is 11.9 Å². The number of carbonyl (C=O) groups excluding carboxylic acids is 1. The number of aromatic hydroxyl groups is 1. The van der Waals surface area contributed by atoms with Crippen molar-refractivity contribution in [2.45, 2.75) is 32.1 Å². The van der Waals surface area contributed by atoms with Gasteiger partial charge in [-0.25, -0.2) is 4.39 Å². The fourth-order valence-electron chi connectivity index (χ4n) is 2.75. The van der Waals surface area contributed by atoms with Crippen LogP contribution in [0.5, 0.6) is 5.75 Å². The highest BCUT2D eigenvalue weighted by atomic mass is 79.9. The van der Waals surface area contributed by atoms with Crippen LogP contribution >= 0.6 is 15.9 Å². The average molecular weight is 344 g/mol. The van der Waals surface area contributed by atoms with Crippen molar-refractivity contribution < 1.29 is 14.3 Å². The maximum Gasteiger partial charge on any atom is 0.258 e. The largest absolute Gasteiger partial charge is 0.507 e. The number of nitrogens with one attached hydrogen (secondary N) is 1. The molecule has 1 aromatic carbocycles. The molecule has 5 heteroatoms. The topological polar surface area (TPSA) is 49.3 Å². The standard InChI is InChI=1S/C15H19BrFNO2/c16-9-15(7-2-1-3-8-15)10-18-14(20)13-11(17)5-4-6-12(13)19/h4-6,19H,1-3,7-10H2,(H,18,20). The summed E-state index contributed by atoms with van der Waals surface area (Å²) in [6, 6.07) is 3.87. The number of carbonyl (C=O) groups is 1. The molecule has 1 aliphatic carbocycles. The van der Waals surface area contributed by atoms with Gasteiger partial charge in [0.1, 0.15) is 17.1 Å². The van der Waals surface area contributed by atoms with Crippen molar-refractivity contribution in [2.75, 3.05) is 11.9 Å². The summed E-state index contributed by atoms with van der Waals surface area (Å²) >= 11 is 3.53. The van der Waals surface area contributed by atoms with E-state index >= 15 is 0 Å². The van der Waals surface area contributed by atoms with Crippen LogP contribution in [-0.2, 0) is 0 Å². The predicted molar refractivity (Wildman–Crippen MR) is 79.7 cm³/mol. The van der Waals surface area contributed by atoms with Gasteiger partial charge in [0.2, 0.25) is 0 Å². The number of amides is 1. The molecule has 1 fully saturated rings. The van der Waals surface area contributed by atoms with Crippen molar-refractivity contribution in [2.24, 2.45) is 5.41 Å². The van der Waals surface area contributed by atoms with Crippen molar-refractivity contribution in [3.8, 4) is 5.75 Å². The van der Waals surface area contributed by atoms with Crippen LogP contribution in [0.15, 0.2) is 18.2 Å². The average Bonchev–Trinajstić information content (AvgIpc) is 2.46. The molecular formula is C15H19BrFNO2. The first-order valence-corrected chi connectivity index (χ1v) is 8.02. The van der Waals surface area contributed by atoms with Crippen LogP contribution < -0.4 is 5.32 Å². The number of hydrogen-bond donors (Lipinski definition) is 2. The number of hydrogen-bond acceptors (Lipinski definition) is 2. The van der Waals surface area contributed by atoms with E-state index in [-0.39, 0.29) is 16.7 Å². The van der Waals surface area contributed by atoms with Crippen LogP contribution in [0.2, 0.25) is 0 Å². The molecule has 3 nitrogen and oxygen atoms in total. The molecule has 0 saturated heterocycles. The van der Waals surface area contributed by atoms with E-state index in [0.717, 1.165) is 31.0 Å². The van der Waals surface area contributed by atoms with Crippen LogP contribution in [-0.4, -0.2) is 22.9 Å². The Morgan fingerprint density at radius 3 is 2.65 bits per heavy atom. The van der Waals surface area contributed by atoms with Gasteiger partial charge in [-0.2, -0.15) is 0 Å². The minimum atomic E-state index is -0.695. The van der Waals surface area contributed by atoms with E-state index in [4.69, 9.17) is 0 Å². The first kappa shape index (κ1) is 15.3. The smallest absolute Gasteiger partial charge is 0.258 e. The lowest BCUT2D eigenvalue weighted by atomic mass is 9.75. The van der Waals surface area contributed by atoms with Crippen molar-refractivity contribution in [1.82, 2.24) is 5.32 Å². The molecule has 1 saturated carbocycles. The van der Waals surface area contributed by atoms with E-state index in [9.17, 15) is 14.3 Å². The highest BCUT2D eigenvalue weighted by Crippen LogP contribution is 2.37. The fraction of sp³-hybridized carbons (Fsp3) is 0.533. The number of benzene rings is 1. The Morgan fingerprint density at radius 2 is 2.05 bits per heavy atom. The SMILES string of the molecule is O=C(NCC1(CBr)CCCCC1)c1c(O)cccc1F. The van der Waals surface area contributed by atoms with Gasteiger partial charge in [0.15, 0.2) is 0 Å². The molecule has 0 atom stereocenters. The predicted octanol–water partition coefficient (Wildman–Crippen LogP) is 3.61. The second kappa shape index (κ2) is 6.57. The fourth-order valence-corrected chi connectivity index (χ4v) is 3.51. The van der Waals surface area contributed by atoms with Gasteiger partial charge < -0.3 is 10.4 Å². The third-order valence-corrected chi connectivity index (χ3v) is 5.23. The molecule has 20 heavy (non-hydrogen) atoms. The molecule has 1 aromatic rings. The van der Waals surface area contributed by atoms with E-state index in [1.165, 1.54) is 24.6 Å². The van der Waals surface area contributed by atoms with Gasteiger partial charge in [-0.15, -0.1) is 0 Å². The molecule has 1 amide bonds. The first-order chi connectivity index (χ1) is 9.58. The summed E-state index contributed by atoms with van der Waals surface area (Å²) < 4.78 is 13.6. The summed E-state index contributed by atoms with van der Waals surface area (Å²) in [5, 5.41) is 13.2. The molecular weight excluding hydrogens is 325 g/mol.